The molecule has 7 atom stereocenters. The Morgan fingerprint density at radius 3 is 1.10 bits per heavy atom. The average Bonchev–Trinajstić information content (AvgIpc) is 3.60. The lowest BCUT2D eigenvalue weighted by atomic mass is 9.99. The van der Waals surface area contributed by atoms with Gasteiger partial charge in [-0.15, -0.1) is 0 Å². The summed E-state index contributed by atoms with van der Waals surface area (Å²) in [4.78, 5) is 13.1. The van der Waals surface area contributed by atoms with Crippen molar-refractivity contribution in [2.75, 3.05) is 13.2 Å². The smallest absolute Gasteiger partial charge is 0.220 e. The number of carbonyl (C=O) groups is 1. The maximum Gasteiger partial charge on any atom is 0.220 e. The van der Waals surface area contributed by atoms with Crippen LogP contribution in [0.15, 0.2) is 72.9 Å². The van der Waals surface area contributed by atoms with Crippen LogP contribution in [0.3, 0.4) is 0 Å². The first-order valence-corrected chi connectivity index (χ1v) is 35.7. The lowest BCUT2D eigenvalue weighted by Gasteiger charge is -2.40. The van der Waals surface area contributed by atoms with Gasteiger partial charge in [-0.3, -0.25) is 4.79 Å². The summed E-state index contributed by atoms with van der Waals surface area (Å²) in [5.74, 6) is -0.186. The molecule has 7 unspecified atom stereocenters. The molecule has 1 fully saturated rings. The fourth-order valence-electron chi connectivity index (χ4n) is 11.1. The number of aliphatic hydroxyl groups is 5. The highest BCUT2D eigenvalue weighted by Crippen LogP contribution is 2.23. The zero-order valence-electron chi connectivity index (χ0n) is 54.2. The van der Waals surface area contributed by atoms with E-state index in [0.717, 1.165) is 57.8 Å². The molecule has 0 aromatic carbocycles. The van der Waals surface area contributed by atoms with E-state index in [1.54, 1.807) is 6.08 Å². The Bertz CT molecular complexity index is 1540. The van der Waals surface area contributed by atoms with Crippen LogP contribution < -0.4 is 5.32 Å². The number of hydrogen-bond donors (Lipinski definition) is 6. The monoisotopic (exact) mass is 1170 g/mol. The van der Waals surface area contributed by atoms with E-state index in [1.165, 1.54) is 257 Å². The number of ether oxygens (including phenoxy) is 2. The number of nitrogens with one attached hydrogen (secondary N) is 1. The van der Waals surface area contributed by atoms with E-state index in [-0.39, 0.29) is 12.5 Å². The molecule has 1 aliphatic heterocycles. The highest BCUT2D eigenvalue weighted by Gasteiger charge is 2.44. The zero-order valence-corrected chi connectivity index (χ0v) is 54.2. The first-order valence-electron chi connectivity index (χ1n) is 35.7. The van der Waals surface area contributed by atoms with E-state index in [9.17, 15) is 30.3 Å². The van der Waals surface area contributed by atoms with Gasteiger partial charge in [-0.25, -0.2) is 0 Å². The molecule has 83 heavy (non-hydrogen) atoms. The van der Waals surface area contributed by atoms with E-state index in [2.05, 4.69) is 79.9 Å². The number of amides is 1. The number of aliphatic hydroxyl groups excluding tert-OH is 5. The normalized spacial score (nSPS) is 18.7. The predicted molar refractivity (Wildman–Crippen MR) is 355 cm³/mol. The van der Waals surface area contributed by atoms with Gasteiger partial charge in [0.2, 0.25) is 5.91 Å². The Morgan fingerprint density at radius 2 is 0.723 bits per heavy atom. The van der Waals surface area contributed by atoms with Crippen LogP contribution >= 0.6 is 0 Å². The second-order valence-corrected chi connectivity index (χ2v) is 24.7. The minimum Gasteiger partial charge on any atom is -0.394 e. The molecule has 0 saturated carbocycles. The molecular formula is C74H135NO8. The van der Waals surface area contributed by atoms with Crippen molar-refractivity contribution in [3.8, 4) is 0 Å². The average molecular weight is 1170 g/mol. The topological polar surface area (TPSA) is 149 Å². The molecule has 1 aliphatic rings. The molecule has 9 nitrogen and oxygen atoms in total. The van der Waals surface area contributed by atoms with Gasteiger partial charge in [0.05, 0.1) is 25.4 Å². The third kappa shape index (κ3) is 51.4. The van der Waals surface area contributed by atoms with Crippen molar-refractivity contribution in [2.45, 2.75) is 378 Å². The number of carbonyl (C=O) groups excluding carboxylic acids is 1. The summed E-state index contributed by atoms with van der Waals surface area (Å²) < 4.78 is 11.3. The maximum atomic E-state index is 13.1. The Balaban J connectivity index is 2.09. The van der Waals surface area contributed by atoms with Crippen molar-refractivity contribution in [2.24, 2.45) is 0 Å². The summed E-state index contributed by atoms with van der Waals surface area (Å²) in [6.07, 6.45) is 81.7. The molecule has 1 rings (SSSR count). The van der Waals surface area contributed by atoms with Gasteiger partial charge in [0.1, 0.15) is 24.4 Å². The van der Waals surface area contributed by atoms with Gasteiger partial charge in [-0.05, 0) is 83.5 Å². The molecule has 0 bridgehead atoms. The fraction of sp³-hybridized carbons (Fsp3) is 0.824. The molecule has 0 aromatic heterocycles. The molecule has 0 aliphatic carbocycles. The lowest BCUT2D eigenvalue weighted by Crippen LogP contribution is -2.60. The van der Waals surface area contributed by atoms with Crippen molar-refractivity contribution >= 4 is 5.91 Å². The van der Waals surface area contributed by atoms with Crippen molar-refractivity contribution in [1.82, 2.24) is 5.32 Å². The van der Waals surface area contributed by atoms with Crippen LogP contribution in [0.25, 0.3) is 0 Å². The summed E-state index contributed by atoms with van der Waals surface area (Å²) in [7, 11) is 0. The molecule has 0 radical (unpaired) electrons. The van der Waals surface area contributed by atoms with Gasteiger partial charge in [0.25, 0.3) is 0 Å². The van der Waals surface area contributed by atoms with Crippen molar-refractivity contribution < 1.29 is 39.8 Å². The van der Waals surface area contributed by atoms with Crippen molar-refractivity contribution in [3.05, 3.63) is 72.9 Å². The predicted octanol–water partition coefficient (Wildman–Crippen LogP) is 19.5. The molecule has 1 heterocycles. The third-order valence-electron chi connectivity index (χ3n) is 16.7. The fourth-order valence-corrected chi connectivity index (χ4v) is 11.1. The van der Waals surface area contributed by atoms with Gasteiger partial charge >= 0.3 is 0 Å². The largest absolute Gasteiger partial charge is 0.394 e. The summed E-state index contributed by atoms with van der Waals surface area (Å²) in [6.45, 7) is 3.78. The van der Waals surface area contributed by atoms with E-state index >= 15 is 0 Å². The van der Waals surface area contributed by atoms with Crippen LogP contribution in [0, 0.1) is 0 Å². The Kier molecular flexibility index (Phi) is 59.4. The standard InChI is InChI=1S/C74H135NO8/c1-3-5-7-9-11-13-15-17-19-21-23-25-26-27-28-29-30-31-32-33-34-35-36-37-38-39-40-41-42-44-46-48-50-52-54-56-58-60-62-64-70(78)75-67(66-82-74-73(81)72(80)71(79)69(65-76)83-74)68(77)63-61-59-57-55-53-51-49-47-45-43-24-22-20-18-16-14-12-10-8-6-4-2/h15,17,21,23,26-27,45,47,53,55,61,63,67-69,71-74,76-77,79-81H,3-14,16,18-20,22,24-25,28-44,46,48-52,54,56-60,62,64-66H2,1-2H3,(H,75,78)/b17-15-,23-21-,27-26-,47-45+,55-53+,63-61+. The van der Waals surface area contributed by atoms with Crippen LogP contribution in [0.4, 0.5) is 0 Å². The first kappa shape index (κ1) is 78.6. The second-order valence-electron chi connectivity index (χ2n) is 24.7. The molecule has 6 N–H and O–H groups in total. The Hall–Kier alpha value is -2.37. The number of allylic oxidation sites excluding steroid dienone is 11. The zero-order chi connectivity index (χ0) is 60.0. The van der Waals surface area contributed by atoms with E-state index in [0.29, 0.717) is 6.42 Å². The van der Waals surface area contributed by atoms with Crippen LogP contribution in [-0.2, 0) is 14.3 Å². The maximum absolute atomic E-state index is 13.1. The highest BCUT2D eigenvalue weighted by atomic mass is 16.7. The third-order valence-corrected chi connectivity index (χ3v) is 16.7. The summed E-state index contributed by atoms with van der Waals surface area (Å²) >= 11 is 0. The van der Waals surface area contributed by atoms with Crippen molar-refractivity contribution in [1.29, 1.82) is 0 Å². The highest BCUT2D eigenvalue weighted by molar-refractivity contribution is 5.76. The van der Waals surface area contributed by atoms with Crippen molar-refractivity contribution in [3.63, 3.8) is 0 Å². The van der Waals surface area contributed by atoms with Gasteiger partial charge < -0.3 is 40.3 Å². The van der Waals surface area contributed by atoms with Gasteiger partial charge in [0, 0.05) is 6.42 Å². The SMILES string of the molecule is CCCCCCC/C=C\C/C=C\C/C=C\CCCCCCCCCCCCCCCCCCCCCCCCCCC(=O)NC(COC1OC(CO)C(O)C(O)C1O)C(O)/C=C/CC/C=C/CC/C=C/CCCCCCCCCCCCC. The van der Waals surface area contributed by atoms with Crippen LogP contribution in [0.1, 0.15) is 335 Å². The Morgan fingerprint density at radius 1 is 0.410 bits per heavy atom. The minimum absolute atomic E-state index is 0.186. The van der Waals surface area contributed by atoms with E-state index < -0.39 is 49.5 Å². The number of rotatable bonds is 62. The number of hydrogen-bond acceptors (Lipinski definition) is 8. The molecule has 484 valence electrons. The summed E-state index contributed by atoms with van der Waals surface area (Å²) in [6, 6.07) is -0.830. The quantitative estimate of drug-likeness (QED) is 0.0261. The summed E-state index contributed by atoms with van der Waals surface area (Å²) in [5, 5.41) is 54.7. The van der Waals surface area contributed by atoms with Crippen LogP contribution in [-0.4, -0.2) is 87.5 Å². The van der Waals surface area contributed by atoms with Crippen LogP contribution in [0.5, 0.6) is 0 Å². The minimum atomic E-state index is -1.58. The molecule has 0 spiro atoms. The molecule has 9 heteroatoms. The van der Waals surface area contributed by atoms with Gasteiger partial charge in [0.15, 0.2) is 6.29 Å². The molecular weight excluding hydrogens is 1030 g/mol. The lowest BCUT2D eigenvalue weighted by molar-refractivity contribution is -0.302. The van der Waals surface area contributed by atoms with E-state index in [1.807, 2.05) is 6.08 Å². The van der Waals surface area contributed by atoms with Gasteiger partial charge in [-0.1, -0.05) is 318 Å². The summed E-state index contributed by atoms with van der Waals surface area (Å²) in [5.41, 5.74) is 0. The van der Waals surface area contributed by atoms with E-state index in [4.69, 9.17) is 9.47 Å². The first-order chi connectivity index (χ1) is 40.8. The Labute approximate surface area is 512 Å². The second kappa shape index (κ2) is 62.7. The van der Waals surface area contributed by atoms with Crippen LogP contribution in [0.2, 0.25) is 0 Å². The molecule has 1 saturated heterocycles. The van der Waals surface area contributed by atoms with Gasteiger partial charge in [-0.2, -0.15) is 0 Å². The molecule has 0 aromatic rings. The molecule has 1 amide bonds. The number of unbranched alkanes of at least 4 members (excludes halogenated alkanes) is 42.